The van der Waals surface area contributed by atoms with Gasteiger partial charge in [0, 0.05) is 27.9 Å². The average Bonchev–Trinajstić information content (AvgIpc) is 2.47. The Labute approximate surface area is 79.4 Å². The van der Waals surface area contributed by atoms with Gasteiger partial charge in [-0.3, -0.25) is 0 Å². The fraction of sp³-hybridized carbons (Fsp3) is 0.111. The van der Waals surface area contributed by atoms with Crippen LogP contribution in [0.15, 0.2) is 18.2 Å². The van der Waals surface area contributed by atoms with Crippen LogP contribution in [0.5, 0.6) is 10.8 Å². The second-order valence-corrected chi connectivity index (χ2v) is 3.77. The minimum atomic E-state index is 0.203. The van der Waals surface area contributed by atoms with Crippen LogP contribution in [-0.4, -0.2) is 12.2 Å². The summed E-state index contributed by atoms with van der Waals surface area (Å²) in [5, 5.41) is 11.1. The van der Waals surface area contributed by atoms with Gasteiger partial charge in [-0.05, 0) is 6.07 Å². The van der Waals surface area contributed by atoms with Crippen LogP contribution in [0.25, 0.3) is 10.1 Å². The fourth-order valence-corrected chi connectivity index (χ4v) is 2.16. The largest absolute Gasteiger partial charge is 0.507 e. The molecule has 0 amide bonds. The molecule has 2 aromatic rings. The minimum Gasteiger partial charge on any atom is -0.507 e. The number of nitrogens with two attached hydrogens (primary N) is 1. The van der Waals surface area contributed by atoms with Crippen LogP contribution in [0.2, 0.25) is 0 Å². The van der Waals surface area contributed by atoms with Gasteiger partial charge in [-0.15, -0.1) is 0 Å². The number of ether oxygens (including phenoxy) is 1. The maximum atomic E-state index is 9.53. The van der Waals surface area contributed by atoms with Crippen molar-refractivity contribution >= 4 is 27.1 Å². The molecule has 68 valence electrons. The summed E-state index contributed by atoms with van der Waals surface area (Å²) < 4.78 is 6.00. The van der Waals surface area contributed by atoms with Crippen molar-refractivity contribution in [2.45, 2.75) is 0 Å². The second kappa shape index (κ2) is 2.81. The highest BCUT2D eigenvalue weighted by Gasteiger charge is 2.06. The molecule has 0 saturated heterocycles. The van der Waals surface area contributed by atoms with Gasteiger partial charge in [-0.1, -0.05) is 11.3 Å². The normalized spacial score (nSPS) is 10.5. The summed E-state index contributed by atoms with van der Waals surface area (Å²) in [5.74, 6) is 0.203. The second-order valence-electron chi connectivity index (χ2n) is 2.72. The average molecular weight is 195 g/mol. The number of nitrogen functional groups attached to an aromatic ring is 1. The topological polar surface area (TPSA) is 55.5 Å². The number of fused-ring (bicyclic) bond motifs is 1. The Balaban J connectivity index is 2.75. The Bertz CT molecular complexity index is 450. The molecular formula is C9H9NO2S. The Morgan fingerprint density at radius 2 is 2.15 bits per heavy atom. The molecule has 0 fully saturated rings. The molecule has 0 saturated carbocycles. The van der Waals surface area contributed by atoms with Crippen LogP contribution in [-0.2, 0) is 0 Å². The lowest BCUT2D eigenvalue weighted by Crippen LogP contribution is -1.82. The Kier molecular flexibility index (Phi) is 1.77. The SMILES string of the molecule is COc1cc2c(O)cc(N)cc2s1. The zero-order valence-corrected chi connectivity index (χ0v) is 7.89. The highest BCUT2D eigenvalue weighted by Crippen LogP contribution is 2.37. The number of phenols is 1. The lowest BCUT2D eigenvalue weighted by atomic mass is 10.2. The van der Waals surface area contributed by atoms with Gasteiger partial charge < -0.3 is 15.6 Å². The lowest BCUT2D eigenvalue weighted by molar-refractivity contribution is 0.427. The molecule has 0 aliphatic carbocycles. The van der Waals surface area contributed by atoms with E-state index in [1.54, 1.807) is 13.2 Å². The van der Waals surface area contributed by atoms with E-state index in [2.05, 4.69) is 0 Å². The van der Waals surface area contributed by atoms with Gasteiger partial charge in [0.25, 0.3) is 0 Å². The van der Waals surface area contributed by atoms with Crippen molar-refractivity contribution in [1.29, 1.82) is 0 Å². The number of benzene rings is 1. The Morgan fingerprint density at radius 3 is 2.85 bits per heavy atom. The molecule has 4 heteroatoms. The third-order valence-electron chi connectivity index (χ3n) is 1.82. The molecular weight excluding hydrogens is 186 g/mol. The third kappa shape index (κ3) is 1.29. The highest BCUT2D eigenvalue weighted by molar-refractivity contribution is 7.20. The van der Waals surface area contributed by atoms with Crippen molar-refractivity contribution in [3.05, 3.63) is 18.2 Å². The van der Waals surface area contributed by atoms with Gasteiger partial charge in [0.15, 0.2) is 5.06 Å². The molecule has 1 heterocycles. The van der Waals surface area contributed by atoms with E-state index in [0.717, 1.165) is 15.1 Å². The zero-order chi connectivity index (χ0) is 9.42. The van der Waals surface area contributed by atoms with Gasteiger partial charge in [0.2, 0.25) is 0 Å². The molecule has 0 radical (unpaired) electrons. The van der Waals surface area contributed by atoms with Crippen molar-refractivity contribution in [2.24, 2.45) is 0 Å². The zero-order valence-electron chi connectivity index (χ0n) is 7.07. The van der Waals surface area contributed by atoms with Crippen molar-refractivity contribution in [2.75, 3.05) is 12.8 Å². The molecule has 0 aliphatic heterocycles. The number of methoxy groups -OCH3 is 1. The maximum Gasteiger partial charge on any atom is 0.174 e. The summed E-state index contributed by atoms with van der Waals surface area (Å²) in [6, 6.07) is 5.16. The van der Waals surface area contributed by atoms with Crippen LogP contribution in [0, 0.1) is 0 Å². The highest BCUT2D eigenvalue weighted by atomic mass is 32.1. The first-order valence-electron chi connectivity index (χ1n) is 3.76. The quantitative estimate of drug-likeness (QED) is 0.686. The lowest BCUT2D eigenvalue weighted by Gasteiger charge is -1.95. The van der Waals surface area contributed by atoms with Crippen molar-refractivity contribution in [1.82, 2.24) is 0 Å². The van der Waals surface area contributed by atoms with Crippen LogP contribution in [0.4, 0.5) is 5.69 Å². The van der Waals surface area contributed by atoms with E-state index in [4.69, 9.17) is 10.5 Å². The number of rotatable bonds is 1. The maximum absolute atomic E-state index is 9.53. The number of anilines is 1. The van der Waals surface area contributed by atoms with E-state index < -0.39 is 0 Å². The van der Waals surface area contributed by atoms with Crippen LogP contribution >= 0.6 is 11.3 Å². The summed E-state index contributed by atoms with van der Waals surface area (Å²) in [7, 11) is 1.60. The number of aromatic hydroxyl groups is 1. The molecule has 0 aliphatic rings. The number of phenolic OH excluding ortho intramolecular Hbond substituents is 1. The number of thiophene rings is 1. The predicted octanol–water partition coefficient (Wildman–Crippen LogP) is 2.20. The van der Waals surface area contributed by atoms with Gasteiger partial charge in [-0.2, -0.15) is 0 Å². The standard InChI is InChI=1S/C9H9NO2S/c1-12-9-4-6-7(11)2-5(10)3-8(6)13-9/h2-4,11H,10H2,1H3. The summed E-state index contributed by atoms with van der Waals surface area (Å²) >= 11 is 1.46. The van der Waals surface area contributed by atoms with Crippen molar-refractivity contribution < 1.29 is 9.84 Å². The molecule has 0 spiro atoms. The van der Waals surface area contributed by atoms with Crippen molar-refractivity contribution in [3.63, 3.8) is 0 Å². The number of hydrogen-bond acceptors (Lipinski definition) is 4. The third-order valence-corrected chi connectivity index (χ3v) is 2.86. The first-order valence-corrected chi connectivity index (χ1v) is 4.58. The van der Waals surface area contributed by atoms with E-state index >= 15 is 0 Å². The summed E-state index contributed by atoms with van der Waals surface area (Å²) in [4.78, 5) is 0. The van der Waals surface area contributed by atoms with Crippen LogP contribution < -0.4 is 10.5 Å². The summed E-state index contributed by atoms with van der Waals surface area (Å²) in [5.41, 5.74) is 6.15. The summed E-state index contributed by atoms with van der Waals surface area (Å²) in [6.07, 6.45) is 0. The van der Waals surface area contributed by atoms with Gasteiger partial charge >= 0.3 is 0 Å². The van der Waals surface area contributed by atoms with E-state index in [1.165, 1.54) is 17.4 Å². The smallest absolute Gasteiger partial charge is 0.174 e. The van der Waals surface area contributed by atoms with Crippen LogP contribution in [0.1, 0.15) is 0 Å². The fourth-order valence-electron chi connectivity index (χ4n) is 1.22. The van der Waals surface area contributed by atoms with Gasteiger partial charge in [-0.25, -0.2) is 0 Å². The molecule has 0 atom stereocenters. The van der Waals surface area contributed by atoms with Crippen molar-refractivity contribution in [3.8, 4) is 10.8 Å². The molecule has 3 nitrogen and oxygen atoms in total. The summed E-state index contributed by atoms with van der Waals surface area (Å²) in [6.45, 7) is 0. The minimum absolute atomic E-state index is 0.203. The first kappa shape index (κ1) is 8.19. The molecule has 13 heavy (non-hydrogen) atoms. The molecule has 2 rings (SSSR count). The van der Waals surface area contributed by atoms with E-state index in [1.807, 2.05) is 6.07 Å². The molecule has 0 unspecified atom stereocenters. The monoisotopic (exact) mass is 195 g/mol. The van der Waals surface area contributed by atoms with Gasteiger partial charge in [0.1, 0.15) is 5.75 Å². The van der Waals surface area contributed by atoms with E-state index in [0.29, 0.717) is 5.69 Å². The first-order chi connectivity index (χ1) is 6.20. The Morgan fingerprint density at radius 1 is 1.38 bits per heavy atom. The molecule has 1 aromatic heterocycles. The Hall–Kier alpha value is -1.42. The van der Waals surface area contributed by atoms with Gasteiger partial charge in [0.05, 0.1) is 7.11 Å². The van der Waals surface area contributed by atoms with E-state index in [9.17, 15) is 5.11 Å². The molecule has 1 aromatic carbocycles. The molecule has 0 bridgehead atoms. The molecule has 3 N–H and O–H groups in total. The van der Waals surface area contributed by atoms with Crippen LogP contribution in [0.3, 0.4) is 0 Å². The van der Waals surface area contributed by atoms with E-state index in [-0.39, 0.29) is 5.75 Å². The number of hydrogen-bond donors (Lipinski definition) is 2. The predicted molar refractivity (Wildman–Crippen MR) is 54.5 cm³/mol.